The van der Waals surface area contributed by atoms with Gasteiger partial charge < -0.3 is 15.5 Å². The van der Waals surface area contributed by atoms with Crippen molar-refractivity contribution in [3.8, 4) is 0 Å². The second kappa shape index (κ2) is 5.64. The monoisotopic (exact) mass is 246 g/mol. The van der Waals surface area contributed by atoms with Crippen LogP contribution in [0, 0.1) is 10.1 Å². The first-order valence-electron chi connectivity index (χ1n) is 4.51. The molecule has 0 aliphatic rings. The molecule has 1 aromatic rings. The van der Waals surface area contributed by atoms with Gasteiger partial charge in [-0.05, 0) is 6.07 Å². The number of nitrogens with one attached hydrogen (secondary N) is 1. The number of nitro groups is 1. The minimum atomic E-state index is -0.897. The lowest BCUT2D eigenvalue weighted by Gasteiger charge is -2.11. The van der Waals surface area contributed by atoms with E-state index >= 15 is 0 Å². The summed E-state index contributed by atoms with van der Waals surface area (Å²) < 4.78 is 0. The molecule has 0 spiro atoms. The van der Waals surface area contributed by atoms with Crippen LogP contribution in [0.1, 0.15) is 0 Å². The summed E-state index contributed by atoms with van der Waals surface area (Å²) in [5, 5.41) is 31.1. The zero-order valence-corrected chi connectivity index (χ0v) is 9.02. The number of benzene rings is 1. The third-order valence-corrected chi connectivity index (χ3v) is 2.22. The molecule has 0 aromatic heterocycles. The molecule has 0 fully saturated rings. The molecule has 1 rings (SSSR count). The lowest BCUT2D eigenvalue weighted by atomic mass is 10.2. The van der Waals surface area contributed by atoms with Gasteiger partial charge in [0.1, 0.15) is 0 Å². The fraction of sp³-hybridized carbons (Fsp3) is 0.333. The van der Waals surface area contributed by atoms with Crippen LogP contribution < -0.4 is 5.32 Å². The Bertz CT molecular complexity index is 386. The largest absolute Gasteiger partial charge is 0.394 e. The van der Waals surface area contributed by atoms with Gasteiger partial charge in [0.25, 0.3) is 5.69 Å². The molecule has 0 saturated heterocycles. The molecule has 0 amide bonds. The average Bonchev–Trinajstić information content (AvgIpc) is 2.26. The molecule has 1 aromatic carbocycles. The lowest BCUT2D eigenvalue weighted by molar-refractivity contribution is -0.384. The van der Waals surface area contributed by atoms with Crippen LogP contribution in [0.4, 0.5) is 11.4 Å². The number of hydrogen-bond acceptors (Lipinski definition) is 5. The number of aliphatic hydroxyl groups is 2. The zero-order chi connectivity index (χ0) is 12.1. The van der Waals surface area contributed by atoms with Gasteiger partial charge in [-0.25, -0.2) is 0 Å². The minimum absolute atomic E-state index is 0.0988. The highest BCUT2D eigenvalue weighted by Gasteiger charge is 2.10. The van der Waals surface area contributed by atoms with E-state index in [4.69, 9.17) is 21.8 Å². The Morgan fingerprint density at radius 1 is 1.56 bits per heavy atom. The van der Waals surface area contributed by atoms with Crippen LogP contribution in [0.5, 0.6) is 0 Å². The molecule has 0 aliphatic heterocycles. The third kappa shape index (κ3) is 3.34. The summed E-state index contributed by atoms with van der Waals surface area (Å²) in [7, 11) is 0. The van der Waals surface area contributed by atoms with E-state index in [0.717, 1.165) is 0 Å². The molecule has 88 valence electrons. The molecular formula is C9H11ClN2O4. The third-order valence-electron chi connectivity index (χ3n) is 1.90. The number of anilines is 1. The quantitative estimate of drug-likeness (QED) is 0.532. The molecule has 16 heavy (non-hydrogen) atoms. The topological polar surface area (TPSA) is 95.6 Å². The van der Waals surface area contributed by atoms with Crippen molar-refractivity contribution in [1.82, 2.24) is 0 Å². The van der Waals surface area contributed by atoms with E-state index in [1.54, 1.807) is 0 Å². The zero-order valence-electron chi connectivity index (χ0n) is 8.26. The summed E-state index contributed by atoms with van der Waals surface area (Å²) in [6, 6.07) is 3.97. The second-order valence-corrected chi connectivity index (χ2v) is 3.55. The van der Waals surface area contributed by atoms with Gasteiger partial charge in [-0.2, -0.15) is 0 Å². The summed E-state index contributed by atoms with van der Waals surface area (Å²) in [6.45, 7) is -0.244. The first-order valence-corrected chi connectivity index (χ1v) is 4.89. The van der Waals surface area contributed by atoms with Gasteiger partial charge in [0.15, 0.2) is 0 Å². The van der Waals surface area contributed by atoms with Gasteiger partial charge in [-0.15, -0.1) is 0 Å². The summed E-state index contributed by atoms with van der Waals surface area (Å²) in [4.78, 5) is 9.89. The predicted molar refractivity (Wildman–Crippen MR) is 59.7 cm³/mol. The van der Waals surface area contributed by atoms with E-state index in [2.05, 4.69) is 5.32 Å². The van der Waals surface area contributed by atoms with Gasteiger partial charge in [0.2, 0.25) is 0 Å². The van der Waals surface area contributed by atoms with E-state index in [-0.39, 0.29) is 23.9 Å². The van der Waals surface area contributed by atoms with Crippen molar-refractivity contribution in [2.45, 2.75) is 6.10 Å². The SMILES string of the molecule is O=[N+]([O-])c1ccc(NCC(O)CO)c(Cl)c1. The molecule has 1 atom stereocenters. The van der Waals surface area contributed by atoms with Gasteiger partial charge in [-0.1, -0.05) is 11.6 Å². The Labute approximate surface area is 96.6 Å². The highest BCUT2D eigenvalue weighted by atomic mass is 35.5. The van der Waals surface area contributed by atoms with Crippen molar-refractivity contribution in [3.63, 3.8) is 0 Å². The van der Waals surface area contributed by atoms with Crippen LogP contribution in [-0.4, -0.2) is 34.4 Å². The van der Waals surface area contributed by atoms with Crippen molar-refractivity contribution < 1.29 is 15.1 Å². The van der Waals surface area contributed by atoms with Crippen molar-refractivity contribution in [1.29, 1.82) is 0 Å². The lowest BCUT2D eigenvalue weighted by Crippen LogP contribution is -2.23. The maximum absolute atomic E-state index is 10.4. The molecule has 0 aliphatic carbocycles. The van der Waals surface area contributed by atoms with E-state index in [9.17, 15) is 10.1 Å². The first kappa shape index (κ1) is 12.7. The Balaban J connectivity index is 2.72. The normalized spacial score (nSPS) is 12.2. The van der Waals surface area contributed by atoms with Crippen molar-refractivity contribution in [2.24, 2.45) is 0 Å². The van der Waals surface area contributed by atoms with Gasteiger partial charge >= 0.3 is 0 Å². The van der Waals surface area contributed by atoms with Crippen molar-refractivity contribution >= 4 is 23.0 Å². The Morgan fingerprint density at radius 3 is 2.75 bits per heavy atom. The number of halogens is 1. The molecule has 3 N–H and O–H groups in total. The molecule has 0 radical (unpaired) electrons. The molecule has 0 heterocycles. The van der Waals surface area contributed by atoms with Crippen LogP contribution in [0.25, 0.3) is 0 Å². The smallest absolute Gasteiger partial charge is 0.271 e. The standard InChI is InChI=1S/C9H11ClN2O4/c10-8-3-6(12(15)16)1-2-9(8)11-4-7(14)5-13/h1-3,7,11,13-14H,4-5H2. The molecule has 0 bridgehead atoms. The van der Waals surface area contributed by atoms with Crippen molar-refractivity contribution in [3.05, 3.63) is 33.3 Å². The number of nitro benzene ring substituents is 1. The molecule has 1 unspecified atom stereocenters. The van der Waals surface area contributed by atoms with Gasteiger partial charge in [0, 0.05) is 18.7 Å². The van der Waals surface area contributed by atoms with Gasteiger partial charge in [-0.3, -0.25) is 10.1 Å². The maximum Gasteiger partial charge on any atom is 0.271 e. The number of aliphatic hydroxyl groups excluding tert-OH is 2. The van der Waals surface area contributed by atoms with Crippen LogP contribution in [-0.2, 0) is 0 Å². The molecule has 0 saturated carbocycles. The molecule has 6 nitrogen and oxygen atoms in total. The van der Waals surface area contributed by atoms with E-state index in [1.807, 2.05) is 0 Å². The highest BCUT2D eigenvalue weighted by Crippen LogP contribution is 2.26. The summed E-state index contributed by atoms with van der Waals surface area (Å²) in [5.41, 5.74) is 0.373. The number of non-ortho nitro benzene ring substituents is 1. The van der Waals surface area contributed by atoms with Crippen LogP contribution in [0.2, 0.25) is 5.02 Å². The van der Waals surface area contributed by atoms with E-state index < -0.39 is 11.0 Å². The average molecular weight is 247 g/mol. The highest BCUT2D eigenvalue weighted by molar-refractivity contribution is 6.33. The Kier molecular flexibility index (Phi) is 4.48. The summed E-state index contributed by atoms with van der Waals surface area (Å²) >= 11 is 5.79. The number of nitrogens with zero attached hydrogens (tertiary/aromatic N) is 1. The Morgan fingerprint density at radius 2 is 2.25 bits per heavy atom. The summed E-state index contributed by atoms with van der Waals surface area (Å²) in [5.74, 6) is 0. The number of hydrogen-bond donors (Lipinski definition) is 3. The fourth-order valence-electron chi connectivity index (χ4n) is 1.05. The molecule has 7 heteroatoms. The first-order chi connectivity index (χ1) is 7.54. The second-order valence-electron chi connectivity index (χ2n) is 3.14. The van der Waals surface area contributed by atoms with Crippen molar-refractivity contribution in [2.75, 3.05) is 18.5 Å². The Hall–Kier alpha value is -1.37. The van der Waals surface area contributed by atoms with Crippen LogP contribution in [0.15, 0.2) is 18.2 Å². The molecular weight excluding hydrogens is 236 g/mol. The fourth-order valence-corrected chi connectivity index (χ4v) is 1.29. The van der Waals surface area contributed by atoms with E-state index in [0.29, 0.717) is 5.69 Å². The number of rotatable bonds is 5. The minimum Gasteiger partial charge on any atom is -0.394 e. The van der Waals surface area contributed by atoms with Crippen LogP contribution >= 0.6 is 11.6 Å². The van der Waals surface area contributed by atoms with Gasteiger partial charge in [0.05, 0.1) is 28.3 Å². The maximum atomic E-state index is 10.4. The van der Waals surface area contributed by atoms with E-state index in [1.165, 1.54) is 18.2 Å². The summed E-state index contributed by atoms with van der Waals surface area (Å²) in [6.07, 6.45) is -0.897. The van der Waals surface area contributed by atoms with Crippen LogP contribution in [0.3, 0.4) is 0 Å². The predicted octanol–water partition coefficient (Wildman–Crippen LogP) is 1.01.